The summed E-state index contributed by atoms with van der Waals surface area (Å²) in [6.07, 6.45) is 0.595. The zero-order valence-corrected chi connectivity index (χ0v) is 14.9. The molecule has 0 N–H and O–H groups in total. The molecular weight excluding hydrogens is 294 g/mol. The molecule has 0 bridgehead atoms. The van der Waals surface area contributed by atoms with Crippen LogP contribution in [0.25, 0.3) is 10.1 Å². The smallest absolute Gasteiger partial charge is 0.410 e. The molecule has 0 aliphatic rings. The van der Waals surface area contributed by atoms with Crippen LogP contribution in [0.15, 0.2) is 29.6 Å². The lowest BCUT2D eigenvalue weighted by molar-refractivity contribution is 0.0189. The second kappa shape index (κ2) is 6.69. The average Bonchev–Trinajstić information content (AvgIpc) is 2.84. The van der Waals surface area contributed by atoms with Crippen LogP contribution >= 0.6 is 11.3 Å². The number of fused-ring (bicyclic) bond motifs is 1. The van der Waals surface area contributed by atoms with Crippen molar-refractivity contribution in [3.63, 3.8) is 0 Å². The molecule has 22 heavy (non-hydrogen) atoms. The van der Waals surface area contributed by atoms with E-state index in [0.29, 0.717) is 6.54 Å². The Kier molecular flexibility index (Phi) is 5.12. The molecule has 0 aliphatic carbocycles. The molecule has 0 radical (unpaired) electrons. The van der Waals surface area contributed by atoms with Gasteiger partial charge in [-0.2, -0.15) is 0 Å². The van der Waals surface area contributed by atoms with E-state index in [0.717, 1.165) is 6.42 Å². The number of hydrogen-bond acceptors (Lipinski definition) is 3. The Hall–Kier alpha value is -1.55. The number of ether oxygens (including phenoxy) is 1. The van der Waals surface area contributed by atoms with E-state index in [-0.39, 0.29) is 12.1 Å². The van der Waals surface area contributed by atoms with Crippen LogP contribution in [0.5, 0.6) is 0 Å². The van der Waals surface area contributed by atoms with Crippen molar-refractivity contribution < 1.29 is 9.53 Å². The zero-order valence-electron chi connectivity index (χ0n) is 14.1. The van der Waals surface area contributed by atoms with Gasteiger partial charge >= 0.3 is 6.09 Å². The van der Waals surface area contributed by atoms with Gasteiger partial charge in [0.2, 0.25) is 0 Å². The fraction of sp³-hybridized carbons (Fsp3) is 0.500. The summed E-state index contributed by atoms with van der Waals surface area (Å²) in [5, 5.41) is 3.38. The second-order valence-electron chi connectivity index (χ2n) is 6.61. The summed E-state index contributed by atoms with van der Waals surface area (Å²) in [6.45, 7) is 10.4. The van der Waals surface area contributed by atoms with Crippen molar-refractivity contribution in [3.8, 4) is 0 Å². The molecule has 0 spiro atoms. The monoisotopic (exact) mass is 319 g/mol. The van der Waals surface area contributed by atoms with Crippen molar-refractivity contribution in [3.05, 3.63) is 35.2 Å². The normalized spacial score (nSPS) is 13.1. The fourth-order valence-corrected chi connectivity index (χ4v) is 3.31. The highest BCUT2D eigenvalue weighted by molar-refractivity contribution is 7.17. The lowest BCUT2D eigenvalue weighted by atomic mass is 10.0. The topological polar surface area (TPSA) is 29.5 Å². The SMILES string of the molecule is CCN(C(=O)OC(C)(C)C)C(C)Cc1ccc2sccc2c1. The summed E-state index contributed by atoms with van der Waals surface area (Å²) in [5.41, 5.74) is 0.792. The minimum Gasteiger partial charge on any atom is -0.444 e. The van der Waals surface area contributed by atoms with E-state index < -0.39 is 5.60 Å². The highest BCUT2D eigenvalue weighted by Crippen LogP contribution is 2.23. The maximum Gasteiger partial charge on any atom is 0.410 e. The minimum absolute atomic E-state index is 0.107. The number of likely N-dealkylation sites (N-methyl/N-ethyl adjacent to an activating group) is 1. The molecule has 0 saturated heterocycles. The van der Waals surface area contributed by atoms with Gasteiger partial charge in [0.1, 0.15) is 5.60 Å². The lowest BCUT2D eigenvalue weighted by Gasteiger charge is -2.31. The van der Waals surface area contributed by atoms with Crippen LogP contribution in [-0.2, 0) is 11.2 Å². The zero-order chi connectivity index (χ0) is 16.3. The number of amides is 1. The van der Waals surface area contributed by atoms with Crippen molar-refractivity contribution in [1.29, 1.82) is 0 Å². The molecule has 1 atom stereocenters. The molecular formula is C18H25NO2S. The number of nitrogens with zero attached hydrogens (tertiary/aromatic N) is 1. The summed E-state index contributed by atoms with van der Waals surface area (Å²) in [7, 11) is 0. The Bertz CT molecular complexity index is 642. The fourth-order valence-electron chi connectivity index (χ4n) is 2.54. The highest BCUT2D eigenvalue weighted by Gasteiger charge is 2.24. The molecule has 1 heterocycles. The summed E-state index contributed by atoms with van der Waals surface area (Å²) >= 11 is 1.75. The first-order chi connectivity index (χ1) is 10.3. The molecule has 0 aliphatic heterocycles. The first-order valence-electron chi connectivity index (χ1n) is 7.76. The predicted octanol–water partition coefficient (Wildman–Crippen LogP) is 5.09. The van der Waals surface area contributed by atoms with Crippen LogP contribution in [0.2, 0.25) is 0 Å². The summed E-state index contributed by atoms with van der Waals surface area (Å²) in [5.74, 6) is 0. The molecule has 120 valence electrons. The van der Waals surface area contributed by atoms with Crippen LogP contribution in [0.1, 0.15) is 40.2 Å². The van der Waals surface area contributed by atoms with Crippen LogP contribution in [-0.4, -0.2) is 29.2 Å². The van der Waals surface area contributed by atoms with E-state index >= 15 is 0 Å². The van der Waals surface area contributed by atoms with Crippen molar-refractivity contribution in [2.45, 2.75) is 52.7 Å². The Morgan fingerprint density at radius 2 is 2.05 bits per heavy atom. The van der Waals surface area contributed by atoms with Crippen LogP contribution in [0.4, 0.5) is 4.79 Å². The second-order valence-corrected chi connectivity index (χ2v) is 7.56. The van der Waals surface area contributed by atoms with Gasteiger partial charge in [0, 0.05) is 17.3 Å². The van der Waals surface area contributed by atoms with E-state index in [4.69, 9.17) is 4.74 Å². The largest absolute Gasteiger partial charge is 0.444 e. The molecule has 0 saturated carbocycles. The average molecular weight is 319 g/mol. The third-order valence-corrected chi connectivity index (χ3v) is 4.45. The Balaban J connectivity index is 2.07. The number of hydrogen-bond donors (Lipinski definition) is 0. The Morgan fingerprint density at radius 3 is 2.68 bits per heavy atom. The van der Waals surface area contributed by atoms with Gasteiger partial charge in [0.05, 0.1) is 0 Å². The predicted molar refractivity (Wildman–Crippen MR) is 93.6 cm³/mol. The van der Waals surface area contributed by atoms with Crippen molar-refractivity contribution in [2.24, 2.45) is 0 Å². The summed E-state index contributed by atoms with van der Waals surface area (Å²) in [4.78, 5) is 14.1. The number of thiophene rings is 1. The molecule has 1 amide bonds. The van der Waals surface area contributed by atoms with E-state index in [1.807, 2.05) is 27.7 Å². The molecule has 1 aromatic heterocycles. The van der Waals surface area contributed by atoms with Gasteiger partial charge in [-0.3, -0.25) is 0 Å². The van der Waals surface area contributed by atoms with E-state index in [1.165, 1.54) is 15.6 Å². The summed E-state index contributed by atoms with van der Waals surface area (Å²) in [6, 6.07) is 8.77. The molecule has 3 nitrogen and oxygen atoms in total. The molecule has 2 aromatic rings. The van der Waals surface area contributed by atoms with Gasteiger partial charge in [-0.1, -0.05) is 12.1 Å². The van der Waals surface area contributed by atoms with Gasteiger partial charge in [-0.05, 0) is 69.5 Å². The highest BCUT2D eigenvalue weighted by atomic mass is 32.1. The van der Waals surface area contributed by atoms with E-state index in [9.17, 15) is 4.79 Å². The molecule has 2 rings (SSSR count). The molecule has 0 fully saturated rings. The van der Waals surface area contributed by atoms with Crippen molar-refractivity contribution >= 4 is 27.5 Å². The van der Waals surface area contributed by atoms with Gasteiger partial charge in [0.15, 0.2) is 0 Å². The Labute approximate surface area is 136 Å². The van der Waals surface area contributed by atoms with Gasteiger partial charge in [0.25, 0.3) is 0 Å². The van der Waals surface area contributed by atoms with E-state index in [2.05, 4.69) is 36.6 Å². The molecule has 1 unspecified atom stereocenters. The number of carbonyl (C=O) groups is 1. The lowest BCUT2D eigenvalue weighted by Crippen LogP contribution is -2.42. The van der Waals surface area contributed by atoms with Crippen molar-refractivity contribution in [2.75, 3.05) is 6.54 Å². The van der Waals surface area contributed by atoms with Crippen LogP contribution in [0.3, 0.4) is 0 Å². The number of rotatable bonds is 4. The molecule has 4 heteroatoms. The number of benzene rings is 1. The molecule has 1 aromatic carbocycles. The van der Waals surface area contributed by atoms with Gasteiger partial charge < -0.3 is 9.64 Å². The number of carbonyl (C=O) groups excluding carboxylic acids is 1. The standard InChI is InChI=1S/C18H25NO2S/c1-6-19(17(20)21-18(3,4)5)13(2)11-14-7-8-16-15(12-14)9-10-22-16/h7-10,12-13H,6,11H2,1-5H3. The van der Waals surface area contributed by atoms with Crippen molar-refractivity contribution in [1.82, 2.24) is 4.90 Å². The van der Waals surface area contributed by atoms with Gasteiger partial charge in [-0.25, -0.2) is 4.79 Å². The first kappa shape index (κ1) is 16.8. The van der Waals surface area contributed by atoms with E-state index in [1.54, 1.807) is 16.2 Å². The van der Waals surface area contributed by atoms with Gasteiger partial charge in [-0.15, -0.1) is 11.3 Å². The third-order valence-electron chi connectivity index (χ3n) is 3.55. The first-order valence-corrected chi connectivity index (χ1v) is 8.64. The van der Waals surface area contributed by atoms with Crippen LogP contribution in [0, 0.1) is 0 Å². The maximum absolute atomic E-state index is 12.3. The maximum atomic E-state index is 12.3. The quantitative estimate of drug-likeness (QED) is 0.785. The Morgan fingerprint density at radius 1 is 1.32 bits per heavy atom. The van der Waals surface area contributed by atoms with Crippen LogP contribution < -0.4 is 0 Å². The summed E-state index contributed by atoms with van der Waals surface area (Å²) < 4.78 is 6.80. The minimum atomic E-state index is -0.459. The third kappa shape index (κ3) is 4.23.